The minimum atomic E-state index is -1.80. The van der Waals surface area contributed by atoms with Crippen molar-refractivity contribution in [3.63, 3.8) is 0 Å². The van der Waals surface area contributed by atoms with Crippen LogP contribution in [0.1, 0.15) is 31.9 Å². The molecule has 0 aromatic heterocycles. The van der Waals surface area contributed by atoms with Crippen LogP contribution >= 0.6 is 0 Å². The van der Waals surface area contributed by atoms with Gasteiger partial charge in [-0.3, -0.25) is 0 Å². The van der Waals surface area contributed by atoms with E-state index in [1.54, 1.807) is 0 Å². The van der Waals surface area contributed by atoms with Crippen LogP contribution in [0.15, 0.2) is 60.7 Å². The van der Waals surface area contributed by atoms with E-state index < -0.39 is 15.1 Å². The van der Waals surface area contributed by atoms with Gasteiger partial charge in [0.15, 0.2) is 0 Å². The smallest absolute Gasteiger partial charge is 0.371 e. The Morgan fingerprint density at radius 1 is 0.773 bits per heavy atom. The lowest BCUT2D eigenvalue weighted by molar-refractivity contribution is 0.0259. The topological polar surface area (TPSA) is 27.7 Å². The Bertz CT molecular complexity index is 499. The summed E-state index contributed by atoms with van der Waals surface area (Å²) in [5.74, 6) is 0. The fourth-order valence-electron chi connectivity index (χ4n) is 2.30. The summed E-state index contributed by atoms with van der Waals surface area (Å²) in [6.07, 6.45) is 0. The molecule has 0 amide bonds. The molecular weight excluding hydrogens is 292 g/mol. The molecule has 0 unspecified atom stereocenters. The minimum Gasteiger partial charge on any atom is -0.371 e. The number of rotatable bonds is 8. The van der Waals surface area contributed by atoms with Crippen molar-refractivity contribution in [2.24, 2.45) is 0 Å². The van der Waals surface area contributed by atoms with E-state index in [2.05, 4.69) is 31.2 Å². The molecule has 0 saturated carbocycles. The van der Waals surface area contributed by atoms with Crippen LogP contribution in [-0.4, -0.2) is 22.7 Å². The molecule has 117 valence electrons. The van der Waals surface area contributed by atoms with E-state index in [1.165, 1.54) is 0 Å². The van der Waals surface area contributed by atoms with Gasteiger partial charge in [-0.1, -0.05) is 60.7 Å². The largest absolute Gasteiger partial charge is 0.578 e. The van der Waals surface area contributed by atoms with Crippen LogP contribution < -0.4 is 0 Å². The second-order valence-corrected chi connectivity index (χ2v) is 6.26. The molecule has 2 aromatic rings. The minimum absolute atomic E-state index is 0.577. The van der Waals surface area contributed by atoms with Gasteiger partial charge in [-0.15, -0.1) is 0 Å². The predicted molar refractivity (Wildman–Crippen MR) is 89.4 cm³/mol. The lowest BCUT2D eigenvalue weighted by Gasteiger charge is -2.33. The highest BCUT2D eigenvalue weighted by Gasteiger charge is 2.36. The molecular formula is C18H23O3Si. The summed E-state index contributed by atoms with van der Waals surface area (Å²) in [7, 11) is -1.80. The van der Waals surface area contributed by atoms with E-state index in [0.717, 1.165) is 11.1 Å². The average Bonchev–Trinajstić information content (AvgIpc) is 2.57. The van der Waals surface area contributed by atoms with Crippen LogP contribution in [0.5, 0.6) is 0 Å². The van der Waals surface area contributed by atoms with Gasteiger partial charge < -0.3 is 13.3 Å². The van der Waals surface area contributed by atoms with Crippen molar-refractivity contribution in [2.45, 2.75) is 26.4 Å². The van der Waals surface area contributed by atoms with Crippen LogP contribution in [0.3, 0.4) is 0 Å². The molecule has 22 heavy (non-hydrogen) atoms. The van der Waals surface area contributed by atoms with E-state index in [9.17, 15) is 0 Å². The Kier molecular flexibility index (Phi) is 6.33. The average molecular weight is 315 g/mol. The maximum absolute atomic E-state index is 6.35. The van der Waals surface area contributed by atoms with E-state index in [0.29, 0.717) is 13.2 Å². The third kappa shape index (κ3) is 4.05. The van der Waals surface area contributed by atoms with Crippen LogP contribution in [0.2, 0.25) is 0 Å². The lowest BCUT2D eigenvalue weighted by Crippen LogP contribution is -2.39. The second kappa shape index (κ2) is 8.24. The van der Waals surface area contributed by atoms with E-state index in [1.807, 2.05) is 50.2 Å². The summed E-state index contributed by atoms with van der Waals surface area (Å²) in [6.45, 7) is 7.13. The fourth-order valence-corrected chi connectivity index (χ4v) is 3.54. The molecule has 0 spiro atoms. The van der Waals surface area contributed by atoms with Crippen molar-refractivity contribution >= 4 is 9.53 Å². The monoisotopic (exact) mass is 315 g/mol. The zero-order chi connectivity index (χ0) is 15.8. The quantitative estimate of drug-likeness (QED) is 0.689. The molecule has 0 fully saturated rings. The highest BCUT2D eigenvalue weighted by Crippen LogP contribution is 2.34. The Hall–Kier alpha value is -1.46. The van der Waals surface area contributed by atoms with E-state index >= 15 is 0 Å². The van der Waals surface area contributed by atoms with Crippen molar-refractivity contribution < 1.29 is 13.3 Å². The molecule has 0 aliphatic heterocycles. The first-order valence-corrected chi connectivity index (χ1v) is 8.85. The first kappa shape index (κ1) is 16.9. The molecule has 0 aliphatic rings. The standard InChI is InChI=1S/C18H23O3Si/c1-4-19-22(20-5-2)21-18(3,16-12-8-6-9-13-16)17-14-10-7-11-15-17/h6-15H,4-5H2,1-3H3. The third-order valence-electron chi connectivity index (χ3n) is 3.46. The lowest BCUT2D eigenvalue weighted by atomic mass is 9.88. The maximum Gasteiger partial charge on any atom is 0.578 e. The van der Waals surface area contributed by atoms with Crippen LogP contribution in [0, 0.1) is 0 Å². The number of hydrogen-bond donors (Lipinski definition) is 0. The van der Waals surface area contributed by atoms with Crippen molar-refractivity contribution in [1.82, 2.24) is 0 Å². The van der Waals surface area contributed by atoms with Crippen molar-refractivity contribution in [2.75, 3.05) is 13.2 Å². The normalized spacial score (nSPS) is 11.8. The Morgan fingerprint density at radius 2 is 1.18 bits per heavy atom. The summed E-state index contributed by atoms with van der Waals surface area (Å²) in [5.41, 5.74) is 1.58. The SMILES string of the molecule is CCO[Si](OCC)OC(C)(c1ccccc1)c1ccccc1. The first-order valence-electron chi connectivity index (χ1n) is 7.63. The first-order chi connectivity index (χ1) is 10.7. The van der Waals surface area contributed by atoms with Gasteiger partial charge in [0.05, 0.1) is 0 Å². The fraction of sp³-hybridized carbons (Fsp3) is 0.333. The van der Waals surface area contributed by atoms with Crippen molar-refractivity contribution in [1.29, 1.82) is 0 Å². The Labute approximate surface area is 134 Å². The van der Waals surface area contributed by atoms with Gasteiger partial charge in [-0.05, 0) is 31.9 Å². The molecule has 4 heteroatoms. The van der Waals surface area contributed by atoms with Gasteiger partial charge in [0.1, 0.15) is 5.60 Å². The maximum atomic E-state index is 6.35. The van der Waals surface area contributed by atoms with Gasteiger partial charge in [0.2, 0.25) is 0 Å². The van der Waals surface area contributed by atoms with Gasteiger partial charge in [0.25, 0.3) is 0 Å². The molecule has 0 heterocycles. The second-order valence-electron chi connectivity index (χ2n) is 4.98. The van der Waals surface area contributed by atoms with Crippen LogP contribution in [0.25, 0.3) is 0 Å². The molecule has 0 bridgehead atoms. The predicted octanol–water partition coefficient (Wildman–Crippen LogP) is 4.02. The highest BCUT2D eigenvalue weighted by atomic mass is 28.3. The summed E-state index contributed by atoms with van der Waals surface area (Å²) in [6, 6.07) is 20.4. The van der Waals surface area contributed by atoms with Gasteiger partial charge in [-0.25, -0.2) is 0 Å². The molecule has 2 rings (SSSR count). The molecule has 0 atom stereocenters. The summed E-state index contributed by atoms with van der Waals surface area (Å²) in [5, 5.41) is 0. The van der Waals surface area contributed by atoms with Crippen molar-refractivity contribution in [3.05, 3.63) is 71.8 Å². The molecule has 0 N–H and O–H groups in total. The molecule has 2 aromatic carbocycles. The Morgan fingerprint density at radius 3 is 1.55 bits per heavy atom. The van der Waals surface area contributed by atoms with E-state index in [4.69, 9.17) is 13.3 Å². The third-order valence-corrected chi connectivity index (χ3v) is 5.08. The summed E-state index contributed by atoms with van der Waals surface area (Å²) < 4.78 is 17.7. The Balaban J connectivity index is 2.37. The summed E-state index contributed by atoms with van der Waals surface area (Å²) in [4.78, 5) is 0. The molecule has 1 radical (unpaired) electrons. The summed E-state index contributed by atoms with van der Waals surface area (Å²) >= 11 is 0. The van der Waals surface area contributed by atoms with Crippen molar-refractivity contribution in [3.8, 4) is 0 Å². The highest BCUT2D eigenvalue weighted by molar-refractivity contribution is 6.36. The molecule has 0 saturated heterocycles. The van der Waals surface area contributed by atoms with Crippen LogP contribution in [-0.2, 0) is 18.9 Å². The molecule has 3 nitrogen and oxygen atoms in total. The van der Waals surface area contributed by atoms with E-state index in [-0.39, 0.29) is 0 Å². The zero-order valence-corrected chi connectivity index (χ0v) is 14.4. The zero-order valence-electron chi connectivity index (χ0n) is 13.4. The molecule has 0 aliphatic carbocycles. The van der Waals surface area contributed by atoms with Gasteiger partial charge in [-0.2, -0.15) is 0 Å². The van der Waals surface area contributed by atoms with Gasteiger partial charge in [0, 0.05) is 13.2 Å². The van der Waals surface area contributed by atoms with Gasteiger partial charge >= 0.3 is 9.53 Å². The van der Waals surface area contributed by atoms with Crippen LogP contribution in [0.4, 0.5) is 0 Å². The number of benzene rings is 2. The number of hydrogen-bond acceptors (Lipinski definition) is 3.